The number of rotatable bonds is 6. The van der Waals surface area contributed by atoms with E-state index in [0.29, 0.717) is 13.0 Å². The van der Waals surface area contributed by atoms with Gasteiger partial charge in [0.2, 0.25) is 5.91 Å². The van der Waals surface area contributed by atoms with Gasteiger partial charge < -0.3 is 10.4 Å². The zero-order valence-electron chi connectivity index (χ0n) is 12.9. The maximum absolute atomic E-state index is 13.6. The lowest BCUT2D eigenvalue weighted by atomic mass is 10.1. The zero-order valence-corrected chi connectivity index (χ0v) is 12.9. The van der Waals surface area contributed by atoms with Crippen molar-refractivity contribution in [1.29, 1.82) is 0 Å². The Bertz CT molecular complexity index is 574. The molecule has 23 heavy (non-hydrogen) atoms. The molecule has 1 aromatic carbocycles. The summed E-state index contributed by atoms with van der Waals surface area (Å²) in [5.74, 6) is -2.56. The molecule has 5 nitrogen and oxygen atoms in total. The van der Waals surface area contributed by atoms with Gasteiger partial charge in [-0.3, -0.25) is 14.5 Å². The van der Waals surface area contributed by atoms with Crippen molar-refractivity contribution in [1.82, 2.24) is 10.2 Å². The number of nitrogens with zero attached hydrogens (tertiary/aromatic N) is 1. The average Bonchev–Trinajstić information content (AvgIpc) is 2.91. The largest absolute Gasteiger partial charge is 0.480 e. The van der Waals surface area contributed by atoms with Crippen molar-refractivity contribution in [3.8, 4) is 0 Å². The molecule has 1 aliphatic rings. The smallest absolute Gasteiger partial charge is 0.320 e. The van der Waals surface area contributed by atoms with E-state index in [1.165, 1.54) is 18.2 Å². The van der Waals surface area contributed by atoms with Crippen LogP contribution in [0.15, 0.2) is 18.2 Å². The first-order chi connectivity index (χ1) is 10.9. The molecule has 1 aliphatic heterocycles. The van der Waals surface area contributed by atoms with Gasteiger partial charge in [0.1, 0.15) is 17.7 Å². The van der Waals surface area contributed by atoms with Crippen LogP contribution in [0.4, 0.5) is 8.78 Å². The van der Waals surface area contributed by atoms with Crippen molar-refractivity contribution in [2.24, 2.45) is 0 Å². The van der Waals surface area contributed by atoms with Crippen LogP contribution in [-0.2, 0) is 16.0 Å². The van der Waals surface area contributed by atoms with Gasteiger partial charge in [0.05, 0.1) is 6.54 Å². The molecule has 1 aromatic rings. The molecule has 0 radical (unpaired) electrons. The summed E-state index contributed by atoms with van der Waals surface area (Å²) < 4.78 is 27.2. The van der Waals surface area contributed by atoms with Crippen LogP contribution < -0.4 is 5.32 Å². The fourth-order valence-corrected chi connectivity index (χ4v) is 2.88. The van der Waals surface area contributed by atoms with Crippen molar-refractivity contribution >= 4 is 11.9 Å². The van der Waals surface area contributed by atoms with E-state index in [1.807, 2.05) is 0 Å². The van der Waals surface area contributed by atoms with Crippen LogP contribution in [0.3, 0.4) is 0 Å². The lowest BCUT2D eigenvalue weighted by Gasteiger charge is -2.22. The van der Waals surface area contributed by atoms with Crippen molar-refractivity contribution < 1.29 is 23.5 Å². The predicted octanol–water partition coefficient (Wildman–Crippen LogP) is 1.56. The van der Waals surface area contributed by atoms with Gasteiger partial charge in [-0.25, -0.2) is 8.78 Å². The molecule has 0 bridgehead atoms. The number of hydrogen-bond acceptors (Lipinski definition) is 3. The van der Waals surface area contributed by atoms with Gasteiger partial charge >= 0.3 is 5.97 Å². The number of nitrogens with one attached hydrogen (secondary N) is 1. The standard InChI is InChI=1S/C16H20F2N2O3/c1-10(8-11-12(17)4-2-5-13(11)18)19-15(21)9-20-7-3-6-14(20)16(22)23/h2,4-5,10,14H,3,6-9H2,1H3,(H,19,21)(H,22,23)/t10?,14-/m1/s1. The molecule has 2 atom stereocenters. The number of carbonyl (C=O) groups is 2. The summed E-state index contributed by atoms with van der Waals surface area (Å²) in [7, 11) is 0. The highest BCUT2D eigenvalue weighted by Gasteiger charge is 2.31. The van der Waals surface area contributed by atoms with Crippen molar-refractivity contribution in [2.75, 3.05) is 13.1 Å². The van der Waals surface area contributed by atoms with E-state index in [-0.39, 0.29) is 24.4 Å². The van der Waals surface area contributed by atoms with Gasteiger partial charge in [0.25, 0.3) is 0 Å². The normalized spacial score (nSPS) is 19.5. The summed E-state index contributed by atoms with van der Waals surface area (Å²) in [6.45, 7) is 2.18. The number of amides is 1. The summed E-state index contributed by atoms with van der Waals surface area (Å²) in [4.78, 5) is 24.7. The first kappa shape index (κ1) is 17.3. The fraction of sp³-hybridized carbons (Fsp3) is 0.500. The zero-order chi connectivity index (χ0) is 17.0. The van der Waals surface area contributed by atoms with Crippen LogP contribution in [0.1, 0.15) is 25.3 Å². The topological polar surface area (TPSA) is 69.6 Å². The minimum atomic E-state index is -0.934. The van der Waals surface area contributed by atoms with Crippen LogP contribution in [-0.4, -0.2) is 47.1 Å². The summed E-state index contributed by atoms with van der Waals surface area (Å²) in [6, 6.07) is 2.54. The Hall–Kier alpha value is -2.02. The Balaban J connectivity index is 1.89. The van der Waals surface area contributed by atoms with Crippen molar-refractivity contribution in [3.05, 3.63) is 35.4 Å². The van der Waals surface area contributed by atoms with Gasteiger partial charge in [-0.1, -0.05) is 6.07 Å². The van der Waals surface area contributed by atoms with Gasteiger partial charge in [-0.2, -0.15) is 0 Å². The second kappa shape index (κ2) is 7.50. The molecule has 126 valence electrons. The second-order valence-electron chi connectivity index (χ2n) is 5.84. The highest BCUT2D eigenvalue weighted by atomic mass is 19.1. The Labute approximate surface area is 133 Å². The quantitative estimate of drug-likeness (QED) is 0.832. The van der Waals surface area contributed by atoms with Gasteiger partial charge in [-0.15, -0.1) is 0 Å². The lowest BCUT2D eigenvalue weighted by Crippen LogP contribution is -2.45. The molecule has 1 fully saturated rings. The number of halogens is 2. The Morgan fingerprint density at radius 1 is 1.39 bits per heavy atom. The van der Waals surface area contributed by atoms with Crippen molar-refractivity contribution in [3.63, 3.8) is 0 Å². The maximum atomic E-state index is 13.6. The molecule has 0 spiro atoms. The van der Waals surface area contributed by atoms with E-state index in [9.17, 15) is 18.4 Å². The number of aliphatic carboxylic acids is 1. The summed E-state index contributed by atoms with van der Waals surface area (Å²) in [5.41, 5.74) is -0.0649. The molecule has 1 saturated heterocycles. The molecular weight excluding hydrogens is 306 g/mol. The summed E-state index contributed by atoms with van der Waals surface area (Å²) in [5, 5.41) is 11.7. The molecule has 2 rings (SSSR count). The van der Waals surface area contributed by atoms with E-state index in [2.05, 4.69) is 5.32 Å². The molecule has 0 saturated carbocycles. The van der Waals surface area contributed by atoms with Crippen LogP contribution in [0.2, 0.25) is 0 Å². The number of likely N-dealkylation sites (tertiary alicyclic amines) is 1. The first-order valence-corrected chi connectivity index (χ1v) is 7.57. The number of carboxylic acids is 1. The fourth-order valence-electron chi connectivity index (χ4n) is 2.88. The molecule has 1 unspecified atom stereocenters. The van der Waals surface area contributed by atoms with Crippen LogP contribution in [0, 0.1) is 11.6 Å². The minimum absolute atomic E-state index is 0.0267. The van der Waals surface area contributed by atoms with Crippen LogP contribution >= 0.6 is 0 Å². The first-order valence-electron chi connectivity index (χ1n) is 7.57. The average molecular weight is 326 g/mol. The van der Waals surface area contributed by atoms with E-state index in [4.69, 9.17) is 5.11 Å². The van der Waals surface area contributed by atoms with Crippen LogP contribution in [0.5, 0.6) is 0 Å². The van der Waals surface area contributed by atoms with E-state index in [0.717, 1.165) is 6.42 Å². The van der Waals surface area contributed by atoms with Crippen molar-refractivity contribution in [2.45, 2.75) is 38.3 Å². The number of benzene rings is 1. The number of carbonyl (C=O) groups excluding carboxylic acids is 1. The van der Waals surface area contributed by atoms with Gasteiger partial charge in [0, 0.05) is 11.6 Å². The highest BCUT2D eigenvalue weighted by molar-refractivity contribution is 5.80. The summed E-state index contributed by atoms with van der Waals surface area (Å²) >= 11 is 0. The number of carboxylic acid groups (broad SMARTS) is 1. The van der Waals surface area contributed by atoms with Gasteiger partial charge in [0.15, 0.2) is 0 Å². The third kappa shape index (κ3) is 4.48. The lowest BCUT2D eigenvalue weighted by molar-refractivity contribution is -0.142. The molecular formula is C16H20F2N2O3. The van der Waals surface area contributed by atoms with Gasteiger partial charge in [-0.05, 0) is 44.9 Å². The molecule has 0 aromatic heterocycles. The third-order valence-electron chi connectivity index (χ3n) is 3.97. The minimum Gasteiger partial charge on any atom is -0.480 e. The second-order valence-corrected chi connectivity index (χ2v) is 5.84. The van der Waals surface area contributed by atoms with Crippen LogP contribution in [0.25, 0.3) is 0 Å². The van der Waals surface area contributed by atoms with E-state index >= 15 is 0 Å². The Morgan fingerprint density at radius 3 is 2.65 bits per heavy atom. The molecule has 7 heteroatoms. The molecule has 2 N–H and O–H groups in total. The van der Waals surface area contributed by atoms with E-state index < -0.39 is 29.7 Å². The monoisotopic (exact) mass is 326 g/mol. The maximum Gasteiger partial charge on any atom is 0.320 e. The summed E-state index contributed by atoms with van der Waals surface area (Å²) in [6.07, 6.45) is 1.30. The Morgan fingerprint density at radius 2 is 2.04 bits per heavy atom. The highest BCUT2D eigenvalue weighted by Crippen LogP contribution is 2.17. The molecule has 0 aliphatic carbocycles. The third-order valence-corrected chi connectivity index (χ3v) is 3.97. The predicted molar refractivity (Wildman–Crippen MR) is 79.9 cm³/mol. The number of hydrogen-bond donors (Lipinski definition) is 2. The SMILES string of the molecule is CC(Cc1c(F)cccc1F)NC(=O)CN1CCC[C@@H]1C(=O)O. The molecule has 1 amide bonds. The Kier molecular flexibility index (Phi) is 5.65. The van der Waals surface area contributed by atoms with E-state index in [1.54, 1.807) is 11.8 Å². The molecule has 1 heterocycles.